The summed E-state index contributed by atoms with van der Waals surface area (Å²) >= 11 is 0. The number of carbonyl (C=O) groups excluding carboxylic acids is 2. The first-order valence-electron chi connectivity index (χ1n) is 4.19. The lowest BCUT2D eigenvalue weighted by Gasteiger charge is -2.19. The van der Waals surface area contributed by atoms with E-state index in [2.05, 4.69) is 5.32 Å². The Morgan fingerprint density at radius 2 is 2.31 bits per heavy atom. The van der Waals surface area contributed by atoms with Crippen molar-refractivity contribution in [2.45, 2.75) is 12.8 Å². The van der Waals surface area contributed by atoms with Crippen LogP contribution in [0.2, 0.25) is 0 Å². The number of carbonyl (C=O) groups is 2. The zero-order valence-corrected chi connectivity index (χ0v) is 7.32. The maximum Gasteiger partial charge on any atom is 0.319 e. The van der Waals surface area contributed by atoms with Gasteiger partial charge in [-0.25, -0.2) is 4.79 Å². The van der Waals surface area contributed by atoms with Gasteiger partial charge >= 0.3 is 6.03 Å². The number of nitrogens with zero attached hydrogens (tertiary/aromatic N) is 1. The average Bonchev–Trinajstić information content (AvgIpc) is 2.35. The third-order valence-corrected chi connectivity index (χ3v) is 1.77. The molecule has 2 heterocycles. The van der Waals surface area contributed by atoms with Crippen LogP contribution >= 0.6 is 0 Å². The summed E-state index contributed by atoms with van der Waals surface area (Å²) in [6.07, 6.45) is 5.28. The molecule has 0 spiro atoms. The van der Waals surface area contributed by atoms with E-state index < -0.39 is 0 Å². The smallest absolute Gasteiger partial charge is 0.319 e. The van der Waals surface area contributed by atoms with Gasteiger partial charge in [-0.2, -0.15) is 0 Å². The van der Waals surface area contributed by atoms with E-state index in [1.807, 2.05) is 6.08 Å². The first-order chi connectivity index (χ1) is 6.20. The second-order valence-corrected chi connectivity index (χ2v) is 2.83. The Balaban J connectivity index is 0.000000132. The highest BCUT2D eigenvalue weighted by atomic mass is 16.2. The molecule has 0 aliphatic carbocycles. The molecule has 2 aliphatic heterocycles. The quantitative estimate of drug-likeness (QED) is 0.545. The van der Waals surface area contributed by atoms with Crippen molar-refractivity contribution in [3.05, 3.63) is 12.3 Å². The summed E-state index contributed by atoms with van der Waals surface area (Å²) in [5.41, 5.74) is 4.83. The summed E-state index contributed by atoms with van der Waals surface area (Å²) < 4.78 is 0. The van der Waals surface area contributed by atoms with Gasteiger partial charge in [0, 0.05) is 25.7 Å². The third-order valence-electron chi connectivity index (χ3n) is 1.77. The molecule has 0 aromatic heterocycles. The number of hydrogen-bond acceptors (Lipinski definition) is 2. The molecule has 1 saturated heterocycles. The molecule has 0 aromatic carbocycles. The van der Waals surface area contributed by atoms with E-state index >= 15 is 0 Å². The molecule has 0 atom stereocenters. The molecule has 0 radical (unpaired) electrons. The van der Waals surface area contributed by atoms with Gasteiger partial charge in [0.1, 0.15) is 0 Å². The van der Waals surface area contributed by atoms with Crippen molar-refractivity contribution in [3.8, 4) is 0 Å². The van der Waals surface area contributed by atoms with Gasteiger partial charge in [-0.05, 0) is 12.5 Å². The number of hydrogen-bond donors (Lipinski definition) is 2. The lowest BCUT2D eigenvalue weighted by atomic mass is 10.4. The lowest BCUT2D eigenvalue weighted by Crippen LogP contribution is -2.35. The molecule has 2 aliphatic rings. The molecule has 1 fully saturated rings. The van der Waals surface area contributed by atoms with Crippen molar-refractivity contribution in [2.24, 2.45) is 5.73 Å². The van der Waals surface area contributed by atoms with Gasteiger partial charge in [-0.1, -0.05) is 0 Å². The highest BCUT2D eigenvalue weighted by molar-refractivity contribution is 5.77. The maximum atomic E-state index is 10.1. The van der Waals surface area contributed by atoms with E-state index in [1.165, 1.54) is 4.90 Å². The zero-order chi connectivity index (χ0) is 9.68. The van der Waals surface area contributed by atoms with E-state index in [4.69, 9.17) is 5.73 Å². The van der Waals surface area contributed by atoms with E-state index in [-0.39, 0.29) is 11.9 Å². The Kier molecular flexibility index (Phi) is 3.31. The minimum absolute atomic E-state index is 0.204. The maximum absolute atomic E-state index is 10.1. The summed E-state index contributed by atoms with van der Waals surface area (Å²) in [5, 5.41) is 2.68. The molecule has 2 rings (SSSR count). The van der Waals surface area contributed by atoms with Gasteiger partial charge in [0.05, 0.1) is 0 Å². The van der Waals surface area contributed by atoms with Crippen LogP contribution in [0.4, 0.5) is 4.79 Å². The molecular weight excluding hydrogens is 170 g/mol. The summed E-state index contributed by atoms with van der Waals surface area (Å²) in [6.45, 7) is 1.56. The Hall–Kier alpha value is -1.52. The van der Waals surface area contributed by atoms with Crippen LogP contribution in [0.25, 0.3) is 0 Å². The Morgan fingerprint density at radius 3 is 2.38 bits per heavy atom. The first kappa shape index (κ1) is 9.57. The van der Waals surface area contributed by atoms with E-state index in [9.17, 15) is 9.59 Å². The predicted octanol–water partition coefficient (Wildman–Crippen LogP) is -0.209. The van der Waals surface area contributed by atoms with E-state index in [1.54, 1.807) is 6.20 Å². The van der Waals surface area contributed by atoms with E-state index in [0.717, 1.165) is 19.4 Å². The van der Waals surface area contributed by atoms with Crippen LogP contribution in [0.3, 0.4) is 0 Å². The minimum Gasteiger partial charge on any atom is -0.356 e. The lowest BCUT2D eigenvalue weighted by molar-refractivity contribution is -0.119. The number of nitrogens with two attached hydrogens (primary N) is 1. The molecule has 5 nitrogen and oxygen atoms in total. The van der Waals surface area contributed by atoms with Gasteiger partial charge in [0.25, 0.3) is 0 Å². The second-order valence-electron chi connectivity index (χ2n) is 2.83. The van der Waals surface area contributed by atoms with Gasteiger partial charge < -0.3 is 11.1 Å². The Labute approximate surface area is 76.6 Å². The third kappa shape index (κ3) is 3.14. The molecule has 3 N–H and O–H groups in total. The normalized spacial score (nSPS) is 18.5. The number of urea groups is 1. The topological polar surface area (TPSA) is 75.4 Å². The minimum atomic E-state index is -0.373. The molecule has 72 valence electrons. The van der Waals surface area contributed by atoms with Crippen LogP contribution < -0.4 is 11.1 Å². The Bertz CT molecular complexity index is 230. The van der Waals surface area contributed by atoms with Gasteiger partial charge in [-0.15, -0.1) is 0 Å². The fourth-order valence-corrected chi connectivity index (χ4v) is 0.939. The average molecular weight is 183 g/mol. The SMILES string of the molecule is NC(=O)N1C=CC1.O=C1CCCN1. The molecule has 3 amide bonds. The standard InChI is InChI=1S/C4H6N2O.C4H7NO/c5-4(7)6-2-1-3-6;6-4-2-1-3-5-4/h1-2H,3H2,(H2,5,7);1-3H2,(H,5,6). The van der Waals surface area contributed by atoms with Crippen molar-refractivity contribution < 1.29 is 9.59 Å². The molecule has 0 aromatic rings. The number of primary amides is 1. The molecule has 0 unspecified atom stereocenters. The first-order valence-corrected chi connectivity index (χ1v) is 4.19. The number of amides is 3. The summed E-state index contributed by atoms with van der Waals surface area (Å²) in [6, 6.07) is -0.373. The zero-order valence-electron chi connectivity index (χ0n) is 7.32. The number of nitrogens with one attached hydrogen (secondary N) is 1. The molecule has 0 bridgehead atoms. The predicted molar refractivity (Wildman–Crippen MR) is 47.7 cm³/mol. The molecule has 0 saturated carbocycles. The van der Waals surface area contributed by atoms with Crippen molar-refractivity contribution in [2.75, 3.05) is 13.1 Å². The van der Waals surface area contributed by atoms with Gasteiger partial charge in [-0.3, -0.25) is 9.69 Å². The van der Waals surface area contributed by atoms with Crippen molar-refractivity contribution in [3.63, 3.8) is 0 Å². The van der Waals surface area contributed by atoms with Crippen molar-refractivity contribution in [1.29, 1.82) is 0 Å². The van der Waals surface area contributed by atoms with Crippen molar-refractivity contribution >= 4 is 11.9 Å². The van der Waals surface area contributed by atoms with E-state index in [0.29, 0.717) is 6.54 Å². The van der Waals surface area contributed by atoms with Gasteiger partial charge in [0.15, 0.2) is 0 Å². The number of rotatable bonds is 0. The van der Waals surface area contributed by atoms with Gasteiger partial charge in [0.2, 0.25) is 5.91 Å². The van der Waals surface area contributed by atoms with Crippen molar-refractivity contribution in [1.82, 2.24) is 10.2 Å². The fourth-order valence-electron chi connectivity index (χ4n) is 0.939. The van der Waals surface area contributed by atoms with Crippen LogP contribution in [-0.4, -0.2) is 29.9 Å². The second kappa shape index (κ2) is 4.49. The van der Waals surface area contributed by atoms with Crippen LogP contribution in [-0.2, 0) is 4.79 Å². The highest BCUT2D eigenvalue weighted by Gasteiger charge is 2.08. The van der Waals surface area contributed by atoms with Crippen LogP contribution in [0.15, 0.2) is 12.3 Å². The summed E-state index contributed by atoms with van der Waals surface area (Å²) in [5.74, 6) is 0.204. The van der Waals surface area contributed by atoms with Crippen LogP contribution in [0.5, 0.6) is 0 Å². The Morgan fingerprint density at radius 1 is 1.62 bits per heavy atom. The highest BCUT2D eigenvalue weighted by Crippen LogP contribution is 1.98. The molecule has 5 heteroatoms. The summed E-state index contributed by atoms with van der Waals surface area (Å²) in [4.78, 5) is 21.6. The monoisotopic (exact) mass is 183 g/mol. The molecular formula is C8H13N3O2. The fraction of sp³-hybridized carbons (Fsp3) is 0.500. The largest absolute Gasteiger partial charge is 0.356 e. The van der Waals surface area contributed by atoms with Crippen LogP contribution in [0, 0.1) is 0 Å². The molecule has 13 heavy (non-hydrogen) atoms. The summed E-state index contributed by atoms with van der Waals surface area (Å²) in [7, 11) is 0. The van der Waals surface area contributed by atoms with Crippen LogP contribution in [0.1, 0.15) is 12.8 Å².